The number of aliphatic carboxylic acids is 1. The van der Waals surface area contributed by atoms with Crippen LogP contribution in [0, 0.1) is 0 Å². The molecule has 10 heteroatoms. The first-order valence-electron chi connectivity index (χ1n) is 11.4. The summed E-state index contributed by atoms with van der Waals surface area (Å²) in [7, 11) is -0.276. The molecule has 1 atom stereocenters. The lowest BCUT2D eigenvalue weighted by atomic mass is 10.0. The molecule has 0 amide bonds. The molecule has 0 radical (unpaired) electrons. The van der Waals surface area contributed by atoms with Crippen molar-refractivity contribution in [3.05, 3.63) is 66.2 Å². The lowest BCUT2D eigenvalue weighted by molar-refractivity contribution is -0.149. The van der Waals surface area contributed by atoms with Crippen LogP contribution in [0.5, 0.6) is 11.5 Å². The Morgan fingerprint density at radius 1 is 0.944 bits per heavy atom. The normalized spacial score (nSPS) is 12.4. The van der Waals surface area contributed by atoms with Gasteiger partial charge in [0.1, 0.15) is 23.0 Å². The van der Waals surface area contributed by atoms with Crippen molar-refractivity contribution in [1.29, 1.82) is 0 Å². The second kappa shape index (κ2) is 12.0. The number of rotatable bonds is 13. The molecule has 0 aliphatic heterocycles. The molecule has 0 bridgehead atoms. The fraction of sp³-hybridized carbons (Fsp3) is 0.308. The smallest absolute Gasteiger partial charge is 0.373 e. The average Bonchev–Trinajstić information content (AvgIpc) is 2.84. The number of hydrogen-bond donors (Lipinski definition) is 2. The summed E-state index contributed by atoms with van der Waals surface area (Å²) in [6.07, 6.45) is 0.453. The third-order valence-corrected chi connectivity index (χ3v) is 7.06. The van der Waals surface area contributed by atoms with Crippen molar-refractivity contribution in [3.8, 4) is 11.5 Å². The van der Waals surface area contributed by atoms with Gasteiger partial charge in [0.2, 0.25) is 10.0 Å². The van der Waals surface area contributed by atoms with E-state index in [0.717, 1.165) is 28.6 Å². The minimum absolute atomic E-state index is 0.0929. The molecule has 1 unspecified atom stereocenters. The van der Waals surface area contributed by atoms with E-state index >= 15 is 0 Å². The molecule has 9 nitrogen and oxygen atoms in total. The van der Waals surface area contributed by atoms with E-state index < -0.39 is 27.8 Å². The standard InChI is InChI=1S/C26H30N2O7S/c1-18(25(29)26(30)31)27-36(32,33)24-11-7-6-10-23(24)34-16-14-21-20-9-5-4-8-19(20)12-13-22(21)35-17-15-28(2)3/h4-13,18,27H,14-17H2,1-3H3,(H,30,31). The number of benzene rings is 3. The number of nitrogens with one attached hydrogen (secondary N) is 1. The molecule has 3 aromatic rings. The summed E-state index contributed by atoms with van der Waals surface area (Å²) >= 11 is 0. The Morgan fingerprint density at radius 3 is 2.33 bits per heavy atom. The Balaban J connectivity index is 1.80. The van der Waals surface area contributed by atoms with Crippen LogP contribution in [0.3, 0.4) is 0 Å². The van der Waals surface area contributed by atoms with Crippen LogP contribution in [0.25, 0.3) is 10.8 Å². The predicted octanol–water partition coefficient (Wildman–Crippen LogP) is 2.72. The van der Waals surface area contributed by atoms with Gasteiger partial charge in [-0.05, 0) is 50.0 Å². The van der Waals surface area contributed by atoms with Crippen molar-refractivity contribution in [2.75, 3.05) is 33.9 Å². The van der Waals surface area contributed by atoms with E-state index in [9.17, 15) is 18.0 Å². The molecule has 3 rings (SSSR count). The summed E-state index contributed by atoms with van der Waals surface area (Å²) in [6, 6.07) is 16.4. The average molecular weight is 515 g/mol. The van der Waals surface area contributed by atoms with Gasteiger partial charge in [-0.15, -0.1) is 0 Å². The first kappa shape index (κ1) is 27.1. The number of ketones is 1. The summed E-state index contributed by atoms with van der Waals surface area (Å²) in [5.41, 5.74) is 0.950. The lowest BCUT2D eigenvalue weighted by Crippen LogP contribution is -2.41. The maximum Gasteiger partial charge on any atom is 0.373 e. The number of ether oxygens (including phenoxy) is 2. The summed E-state index contributed by atoms with van der Waals surface area (Å²) in [6.45, 7) is 2.60. The van der Waals surface area contributed by atoms with E-state index in [1.165, 1.54) is 25.1 Å². The van der Waals surface area contributed by atoms with Gasteiger partial charge in [0.25, 0.3) is 5.78 Å². The molecule has 0 saturated heterocycles. The van der Waals surface area contributed by atoms with Crippen molar-refractivity contribution in [1.82, 2.24) is 9.62 Å². The Bertz CT molecular complexity index is 1340. The molecule has 0 saturated carbocycles. The first-order chi connectivity index (χ1) is 17.1. The first-order valence-corrected chi connectivity index (χ1v) is 12.9. The van der Waals surface area contributed by atoms with Crippen molar-refractivity contribution < 1.29 is 32.6 Å². The third-order valence-electron chi connectivity index (χ3n) is 5.48. The molecule has 0 aliphatic carbocycles. The molecule has 0 heterocycles. The molecule has 0 aromatic heterocycles. The second-order valence-electron chi connectivity index (χ2n) is 8.47. The zero-order valence-electron chi connectivity index (χ0n) is 20.4. The van der Waals surface area contributed by atoms with Crippen molar-refractivity contribution in [2.24, 2.45) is 0 Å². The number of fused-ring (bicyclic) bond motifs is 1. The number of sulfonamides is 1. The monoisotopic (exact) mass is 514 g/mol. The van der Waals surface area contributed by atoms with Crippen molar-refractivity contribution in [2.45, 2.75) is 24.3 Å². The zero-order valence-corrected chi connectivity index (χ0v) is 21.2. The minimum atomic E-state index is -4.22. The summed E-state index contributed by atoms with van der Waals surface area (Å²) in [5.74, 6) is -2.14. The van der Waals surface area contributed by atoms with Crippen LogP contribution in [-0.4, -0.2) is 70.1 Å². The van der Waals surface area contributed by atoms with E-state index in [1.807, 2.05) is 55.4 Å². The van der Waals surface area contributed by atoms with E-state index in [1.54, 1.807) is 6.07 Å². The minimum Gasteiger partial charge on any atom is -0.492 e. The summed E-state index contributed by atoms with van der Waals surface area (Å²) < 4.78 is 39.8. The molecule has 0 aliphatic rings. The number of carbonyl (C=O) groups excluding carboxylic acids is 1. The fourth-order valence-electron chi connectivity index (χ4n) is 3.64. The number of hydrogen-bond acceptors (Lipinski definition) is 7. The summed E-state index contributed by atoms with van der Waals surface area (Å²) in [4.78, 5) is 24.4. The Labute approximate surface area is 210 Å². The molecule has 2 N–H and O–H groups in total. The van der Waals surface area contributed by atoms with Gasteiger partial charge in [0.05, 0.1) is 12.6 Å². The number of carboxylic acid groups (broad SMARTS) is 1. The Kier molecular flexibility index (Phi) is 9.03. The fourth-order valence-corrected chi connectivity index (χ4v) is 4.99. The van der Waals surface area contributed by atoms with Gasteiger partial charge < -0.3 is 19.5 Å². The van der Waals surface area contributed by atoms with Gasteiger partial charge in [0, 0.05) is 18.5 Å². The summed E-state index contributed by atoms with van der Waals surface area (Å²) in [5, 5.41) is 10.9. The maximum atomic E-state index is 12.9. The topological polar surface area (TPSA) is 122 Å². The van der Waals surface area contributed by atoms with Gasteiger partial charge in [-0.25, -0.2) is 17.9 Å². The highest BCUT2D eigenvalue weighted by Gasteiger charge is 2.28. The van der Waals surface area contributed by atoms with Crippen LogP contribution in [0.1, 0.15) is 12.5 Å². The number of carbonyl (C=O) groups is 2. The van der Waals surface area contributed by atoms with Crippen molar-refractivity contribution in [3.63, 3.8) is 0 Å². The van der Waals surface area contributed by atoms with Gasteiger partial charge in [-0.3, -0.25) is 4.79 Å². The molecular weight excluding hydrogens is 484 g/mol. The quantitative estimate of drug-likeness (QED) is 0.334. The molecule has 36 heavy (non-hydrogen) atoms. The number of Topliss-reactive ketones (excluding diaryl/α,β-unsaturated/α-hetero) is 1. The highest BCUT2D eigenvalue weighted by atomic mass is 32.2. The highest BCUT2D eigenvalue weighted by Crippen LogP contribution is 2.30. The van der Waals surface area contributed by atoms with Gasteiger partial charge in [-0.2, -0.15) is 0 Å². The molecule has 192 valence electrons. The number of para-hydroxylation sites is 1. The van der Waals surface area contributed by atoms with Crippen LogP contribution >= 0.6 is 0 Å². The van der Waals surface area contributed by atoms with Gasteiger partial charge >= 0.3 is 5.97 Å². The lowest BCUT2D eigenvalue weighted by Gasteiger charge is -2.17. The number of nitrogens with zero attached hydrogens (tertiary/aromatic N) is 1. The van der Waals surface area contributed by atoms with E-state index in [4.69, 9.17) is 14.6 Å². The predicted molar refractivity (Wildman–Crippen MR) is 136 cm³/mol. The number of carboxylic acids is 1. The Hall–Kier alpha value is -3.47. The zero-order chi connectivity index (χ0) is 26.3. The van der Waals surface area contributed by atoms with Crippen LogP contribution in [0.2, 0.25) is 0 Å². The van der Waals surface area contributed by atoms with E-state index in [-0.39, 0.29) is 17.3 Å². The molecule has 0 fully saturated rings. The SMILES string of the molecule is CC(NS(=O)(=O)c1ccccc1OCCc1c(OCCN(C)C)ccc2ccccc12)C(=O)C(=O)O. The van der Waals surface area contributed by atoms with Gasteiger partial charge in [-0.1, -0.05) is 42.5 Å². The van der Waals surface area contributed by atoms with E-state index in [2.05, 4.69) is 4.72 Å². The third kappa shape index (κ3) is 6.81. The van der Waals surface area contributed by atoms with Crippen LogP contribution in [0.4, 0.5) is 0 Å². The number of likely N-dealkylation sites (N-methyl/N-ethyl adjacent to an activating group) is 1. The van der Waals surface area contributed by atoms with Gasteiger partial charge in [0.15, 0.2) is 0 Å². The largest absolute Gasteiger partial charge is 0.492 e. The molecule has 3 aromatic carbocycles. The second-order valence-corrected chi connectivity index (χ2v) is 10.2. The maximum absolute atomic E-state index is 12.9. The van der Waals surface area contributed by atoms with Crippen LogP contribution < -0.4 is 14.2 Å². The Morgan fingerprint density at radius 2 is 1.61 bits per heavy atom. The highest BCUT2D eigenvalue weighted by molar-refractivity contribution is 7.89. The van der Waals surface area contributed by atoms with E-state index in [0.29, 0.717) is 13.0 Å². The molecular formula is C26H30N2O7S. The molecule has 0 spiro atoms. The van der Waals surface area contributed by atoms with Crippen LogP contribution in [0.15, 0.2) is 65.6 Å². The van der Waals surface area contributed by atoms with Crippen molar-refractivity contribution >= 4 is 32.5 Å². The van der Waals surface area contributed by atoms with Crippen LogP contribution in [-0.2, 0) is 26.0 Å².